The average molecular weight is 121 g/mol. The van der Waals surface area contributed by atoms with E-state index in [1.807, 2.05) is 0 Å². The molecule has 0 aliphatic carbocycles. The van der Waals surface area contributed by atoms with Crippen molar-refractivity contribution in [3.05, 3.63) is 0 Å². The largest absolute Gasteiger partial charge is 0.172 e. The van der Waals surface area contributed by atoms with E-state index in [1.165, 1.54) is 6.04 Å². The Morgan fingerprint density at radius 1 is 1.67 bits per heavy atom. The van der Waals surface area contributed by atoms with Gasteiger partial charge in [0, 0.05) is 0 Å². The van der Waals surface area contributed by atoms with Crippen molar-refractivity contribution in [2.75, 3.05) is 0 Å². The molecule has 0 spiro atoms. The first-order chi connectivity index (χ1) is 2.77. The monoisotopic (exact) mass is 120 g/mol. The van der Waals surface area contributed by atoms with Gasteiger partial charge in [-0.25, -0.2) is 0 Å². The molecule has 0 aromatic heterocycles. The van der Waals surface area contributed by atoms with Crippen LogP contribution in [0.3, 0.4) is 0 Å². The van der Waals surface area contributed by atoms with Crippen molar-refractivity contribution in [1.82, 2.24) is 0 Å². The molecule has 6 heavy (non-hydrogen) atoms. The van der Waals surface area contributed by atoms with E-state index in [-0.39, 0.29) is 0 Å². The van der Waals surface area contributed by atoms with E-state index in [1.54, 1.807) is 0 Å². The van der Waals surface area contributed by atoms with E-state index in [9.17, 15) is 0 Å². The highest BCUT2D eigenvalue weighted by molar-refractivity contribution is 6.93. The van der Waals surface area contributed by atoms with Crippen LogP contribution in [-0.4, -0.2) is 8.83 Å². The third kappa shape index (κ3) is 4.51. The van der Waals surface area contributed by atoms with Gasteiger partial charge in [-0.05, 0) is 12.0 Å². The molecule has 0 heterocycles. The molecule has 2 heteroatoms. The number of rotatable bonds is 2. The highest BCUT2D eigenvalue weighted by Gasteiger charge is 1.88. The van der Waals surface area contributed by atoms with Crippen molar-refractivity contribution in [2.45, 2.75) is 19.9 Å². The number of hydrogen-bond donors (Lipinski definition) is 0. The Kier molecular flexibility index (Phi) is 4.00. The summed E-state index contributed by atoms with van der Waals surface area (Å²) in [7, 11) is 0.610. The molecular weight excluding hydrogens is 112 g/mol. The summed E-state index contributed by atoms with van der Waals surface area (Å²) in [6, 6.07) is 1.17. The highest BCUT2D eigenvalue weighted by atomic mass is 35.6. The maximum Gasteiger partial charge on any atom is 0.172 e. The Morgan fingerprint density at radius 2 is 2.17 bits per heavy atom. The van der Waals surface area contributed by atoms with Gasteiger partial charge in [0.15, 0.2) is 8.83 Å². The highest BCUT2D eigenvalue weighted by Crippen LogP contribution is 1.98. The van der Waals surface area contributed by atoms with Crippen molar-refractivity contribution in [3.8, 4) is 0 Å². The first-order valence-corrected chi connectivity index (χ1v) is 4.32. The number of hydrogen-bond acceptors (Lipinski definition) is 0. The molecule has 0 N–H and O–H groups in total. The van der Waals surface area contributed by atoms with E-state index in [0.29, 0.717) is 8.83 Å². The lowest BCUT2D eigenvalue weighted by atomic mass is 10.3. The van der Waals surface area contributed by atoms with E-state index < -0.39 is 0 Å². The topological polar surface area (TPSA) is 0 Å². The molecule has 0 saturated carbocycles. The lowest BCUT2D eigenvalue weighted by Crippen LogP contribution is -1.86. The third-order valence-corrected chi connectivity index (χ3v) is 1.92. The van der Waals surface area contributed by atoms with E-state index in [4.69, 9.17) is 11.1 Å². The fourth-order valence-electron chi connectivity index (χ4n) is 0.154. The van der Waals surface area contributed by atoms with Gasteiger partial charge in [-0.2, -0.15) is 11.1 Å². The Hall–Kier alpha value is 0.507. The van der Waals surface area contributed by atoms with Crippen molar-refractivity contribution in [2.24, 2.45) is 5.92 Å². The smallest absolute Gasteiger partial charge is 0.171 e. The molecule has 2 radical (unpaired) electrons. The molecule has 0 saturated heterocycles. The normalized spacial score (nSPS) is 10.0. The lowest BCUT2D eigenvalue weighted by Gasteiger charge is -1.93. The zero-order valence-corrected chi connectivity index (χ0v) is 5.92. The molecule has 0 fully saturated rings. The molecule has 36 valence electrons. The van der Waals surface area contributed by atoms with E-state index >= 15 is 0 Å². The predicted octanol–water partition coefficient (Wildman–Crippen LogP) is 1.92. The molecule has 0 aliphatic heterocycles. The maximum atomic E-state index is 5.42. The average Bonchev–Trinajstić information content (AvgIpc) is 1.35. The molecule has 0 aliphatic rings. The van der Waals surface area contributed by atoms with Crippen molar-refractivity contribution in [1.29, 1.82) is 0 Å². The van der Waals surface area contributed by atoms with Crippen molar-refractivity contribution >= 4 is 19.9 Å². The Bertz CT molecular complexity index is 28.7. The van der Waals surface area contributed by atoms with Gasteiger partial charge in [-0.15, -0.1) is 0 Å². The molecule has 0 amide bonds. The molecule has 0 unspecified atom stereocenters. The summed E-state index contributed by atoms with van der Waals surface area (Å²) in [4.78, 5) is 0. The lowest BCUT2D eigenvalue weighted by molar-refractivity contribution is 0.734. The fourth-order valence-corrected chi connectivity index (χ4v) is 1.39. The second kappa shape index (κ2) is 3.69. The van der Waals surface area contributed by atoms with Gasteiger partial charge in [-0.1, -0.05) is 13.8 Å². The quantitative estimate of drug-likeness (QED) is 0.386. The van der Waals surface area contributed by atoms with Gasteiger partial charge in [0.1, 0.15) is 0 Å². The van der Waals surface area contributed by atoms with Gasteiger partial charge in [0.25, 0.3) is 0 Å². The van der Waals surface area contributed by atoms with Crippen LogP contribution in [0.1, 0.15) is 13.8 Å². The fraction of sp³-hybridized carbons (Fsp3) is 1.00. The summed E-state index contributed by atoms with van der Waals surface area (Å²) in [5.41, 5.74) is 0. The van der Waals surface area contributed by atoms with E-state index in [2.05, 4.69) is 13.8 Å². The van der Waals surface area contributed by atoms with Gasteiger partial charge >= 0.3 is 0 Å². The van der Waals surface area contributed by atoms with Gasteiger partial charge < -0.3 is 0 Å². The van der Waals surface area contributed by atoms with Crippen molar-refractivity contribution < 1.29 is 0 Å². The Labute approximate surface area is 46.4 Å². The van der Waals surface area contributed by atoms with Crippen LogP contribution in [0.4, 0.5) is 0 Å². The summed E-state index contributed by atoms with van der Waals surface area (Å²) >= 11 is 5.42. The molecule has 0 rings (SSSR count). The second-order valence-electron chi connectivity index (χ2n) is 1.73. The molecule has 0 bridgehead atoms. The first kappa shape index (κ1) is 6.51. The molecule has 0 atom stereocenters. The van der Waals surface area contributed by atoms with Crippen LogP contribution in [-0.2, 0) is 0 Å². The van der Waals surface area contributed by atoms with Crippen LogP contribution in [0.5, 0.6) is 0 Å². The van der Waals surface area contributed by atoms with Crippen LogP contribution < -0.4 is 0 Å². The maximum absolute atomic E-state index is 5.42. The Balaban J connectivity index is 2.63. The zero-order chi connectivity index (χ0) is 4.99. The minimum absolute atomic E-state index is 0.610. The van der Waals surface area contributed by atoms with Crippen LogP contribution in [0.15, 0.2) is 0 Å². The minimum Gasteiger partial charge on any atom is -0.171 e. The number of halogens is 1. The SMILES string of the molecule is CC(C)C[Si]Cl. The summed E-state index contributed by atoms with van der Waals surface area (Å²) in [5.74, 6) is 0.779. The van der Waals surface area contributed by atoms with Crippen molar-refractivity contribution in [3.63, 3.8) is 0 Å². The standard InChI is InChI=1S/C4H9ClSi/c1-4(2)3-6-5/h4H,3H2,1-2H3. The van der Waals surface area contributed by atoms with E-state index in [0.717, 1.165) is 5.92 Å². The van der Waals surface area contributed by atoms with Crippen LogP contribution in [0.2, 0.25) is 6.04 Å². The van der Waals surface area contributed by atoms with Gasteiger partial charge in [0.05, 0.1) is 0 Å². The molecule has 0 aromatic carbocycles. The van der Waals surface area contributed by atoms with Gasteiger partial charge in [0.2, 0.25) is 0 Å². The molecule has 0 aromatic rings. The van der Waals surface area contributed by atoms with Crippen LogP contribution >= 0.6 is 11.1 Å². The Morgan fingerprint density at radius 3 is 2.17 bits per heavy atom. The molecule has 0 nitrogen and oxygen atoms in total. The summed E-state index contributed by atoms with van der Waals surface area (Å²) < 4.78 is 0. The summed E-state index contributed by atoms with van der Waals surface area (Å²) in [6.45, 7) is 4.35. The first-order valence-electron chi connectivity index (χ1n) is 2.11. The molecular formula is C4H9ClSi. The van der Waals surface area contributed by atoms with Crippen LogP contribution in [0, 0.1) is 5.92 Å². The third-order valence-electron chi connectivity index (χ3n) is 0.485. The minimum atomic E-state index is 0.610. The summed E-state index contributed by atoms with van der Waals surface area (Å²) in [5, 5.41) is 0. The van der Waals surface area contributed by atoms with Gasteiger partial charge in [-0.3, -0.25) is 0 Å². The van der Waals surface area contributed by atoms with Crippen LogP contribution in [0.25, 0.3) is 0 Å². The summed E-state index contributed by atoms with van der Waals surface area (Å²) in [6.07, 6.45) is 0. The zero-order valence-electron chi connectivity index (χ0n) is 4.16. The predicted molar refractivity (Wildman–Crippen MR) is 31.3 cm³/mol. The second-order valence-corrected chi connectivity index (χ2v) is 3.21.